The summed E-state index contributed by atoms with van der Waals surface area (Å²) in [5.74, 6) is -0.105. The van der Waals surface area contributed by atoms with E-state index in [1.54, 1.807) is 30.3 Å². The van der Waals surface area contributed by atoms with Crippen LogP contribution in [-0.2, 0) is 0 Å². The summed E-state index contributed by atoms with van der Waals surface area (Å²) < 4.78 is 0. The van der Waals surface area contributed by atoms with Gasteiger partial charge in [-0.15, -0.1) is 0 Å². The Morgan fingerprint density at radius 1 is 1.19 bits per heavy atom. The molecule has 0 saturated heterocycles. The Hall–Kier alpha value is -2.33. The number of anilines is 1. The van der Waals surface area contributed by atoms with Crippen molar-refractivity contribution >= 4 is 28.9 Å². The van der Waals surface area contributed by atoms with Gasteiger partial charge in [0, 0.05) is 28.3 Å². The zero-order valence-corrected chi connectivity index (χ0v) is 12.0. The summed E-state index contributed by atoms with van der Waals surface area (Å²) in [7, 11) is 0. The molecule has 0 atom stereocenters. The van der Waals surface area contributed by atoms with Gasteiger partial charge in [0.2, 0.25) is 0 Å². The molecule has 3 rings (SSSR count). The van der Waals surface area contributed by atoms with Crippen LogP contribution in [0.1, 0.15) is 22.3 Å². The Morgan fingerprint density at radius 3 is 2.71 bits per heavy atom. The van der Waals surface area contributed by atoms with Crippen LogP contribution in [0.5, 0.6) is 0 Å². The molecule has 2 N–H and O–H groups in total. The molecule has 0 saturated carbocycles. The zero-order chi connectivity index (χ0) is 14.8. The summed E-state index contributed by atoms with van der Waals surface area (Å²) in [5, 5.41) is 6.48. The molecule has 106 valence electrons. The van der Waals surface area contributed by atoms with E-state index in [2.05, 4.69) is 5.10 Å². The number of halogens is 1. The predicted molar refractivity (Wildman–Crippen MR) is 84.5 cm³/mol. The summed E-state index contributed by atoms with van der Waals surface area (Å²) in [6.45, 7) is 0.551. The van der Waals surface area contributed by atoms with Crippen LogP contribution < -0.4 is 5.73 Å². The van der Waals surface area contributed by atoms with Gasteiger partial charge in [0.15, 0.2) is 0 Å². The van der Waals surface area contributed by atoms with Gasteiger partial charge < -0.3 is 5.73 Å². The van der Waals surface area contributed by atoms with E-state index in [0.29, 0.717) is 29.2 Å². The smallest absolute Gasteiger partial charge is 0.273 e. The maximum absolute atomic E-state index is 12.3. The number of rotatable bonds is 2. The fourth-order valence-electron chi connectivity index (χ4n) is 2.30. The SMILES string of the molecule is Nc1ccc(Cl)cc1C1=NN(C(=O)c2ccccc2)CC1. The van der Waals surface area contributed by atoms with Gasteiger partial charge in [-0.05, 0) is 30.3 Å². The third-order valence-corrected chi connectivity index (χ3v) is 3.62. The van der Waals surface area contributed by atoms with Crippen LogP contribution in [0.4, 0.5) is 5.69 Å². The van der Waals surface area contributed by atoms with Gasteiger partial charge >= 0.3 is 0 Å². The van der Waals surface area contributed by atoms with Gasteiger partial charge in [-0.3, -0.25) is 4.79 Å². The molecule has 2 aromatic rings. The summed E-state index contributed by atoms with van der Waals surface area (Å²) in [6, 6.07) is 14.4. The molecule has 0 radical (unpaired) electrons. The Bertz CT molecular complexity index is 713. The number of carbonyl (C=O) groups is 1. The van der Waals surface area contributed by atoms with Gasteiger partial charge in [-0.2, -0.15) is 5.10 Å². The molecule has 1 amide bonds. The van der Waals surface area contributed by atoms with Crippen molar-refractivity contribution in [2.75, 3.05) is 12.3 Å². The van der Waals surface area contributed by atoms with E-state index in [9.17, 15) is 4.79 Å². The lowest BCUT2D eigenvalue weighted by molar-refractivity contribution is 0.0778. The molecule has 0 aromatic heterocycles. The van der Waals surface area contributed by atoms with E-state index in [0.717, 1.165) is 11.3 Å². The first kappa shape index (κ1) is 13.6. The highest BCUT2D eigenvalue weighted by molar-refractivity contribution is 6.31. The average Bonchev–Trinajstić information content (AvgIpc) is 2.99. The van der Waals surface area contributed by atoms with E-state index in [4.69, 9.17) is 17.3 Å². The molecule has 1 aliphatic rings. The lowest BCUT2D eigenvalue weighted by Gasteiger charge is -2.11. The predicted octanol–water partition coefficient (Wildman–Crippen LogP) is 3.17. The fourth-order valence-corrected chi connectivity index (χ4v) is 2.47. The van der Waals surface area contributed by atoms with Crippen LogP contribution in [0.25, 0.3) is 0 Å². The Kier molecular flexibility index (Phi) is 3.62. The topological polar surface area (TPSA) is 58.7 Å². The monoisotopic (exact) mass is 299 g/mol. The first-order valence-electron chi connectivity index (χ1n) is 6.65. The highest BCUT2D eigenvalue weighted by Gasteiger charge is 2.23. The van der Waals surface area contributed by atoms with Crippen molar-refractivity contribution in [2.45, 2.75) is 6.42 Å². The third-order valence-electron chi connectivity index (χ3n) is 3.38. The largest absolute Gasteiger partial charge is 0.398 e. The maximum Gasteiger partial charge on any atom is 0.273 e. The van der Waals surface area contributed by atoms with Crippen molar-refractivity contribution in [3.8, 4) is 0 Å². The molecule has 5 heteroatoms. The minimum absolute atomic E-state index is 0.105. The van der Waals surface area contributed by atoms with Crippen molar-refractivity contribution in [3.05, 3.63) is 64.7 Å². The van der Waals surface area contributed by atoms with Crippen molar-refractivity contribution in [3.63, 3.8) is 0 Å². The van der Waals surface area contributed by atoms with E-state index < -0.39 is 0 Å². The number of amides is 1. The molecule has 0 spiro atoms. The van der Waals surface area contributed by atoms with Gasteiger partial charge in [-0.25, -0.2) is 5.01 Å². The summed E-state index contributed by atoms with van der Waals surface area (Å²) >= 11 is 6.00. The van der Waals surface area contributed by atoms with Gasteiger partial charge in [0.1, 0.15) is 0 Å². The fraction of sp³-hybridized carbons (Fsp3) is 0.125. The molecule has 21 heavy (non-hydrogen) atoms. The molecule has 4 nitrogen and oxygen atoms in total. The number of hydrogen-bond donors (Lipinski definition) is 1. The molecule has 2 aromatic carbocycles. The van der Waals surface area contributed by atoms with Crippen LogP contribution in [0.2, 0.25) is 5.02 Å². The molecular formula is C16H14ClN3O. The van der Waals surface area contributed by atoms with Crippen molar-refractivity contribution in [2.24, 2.45) is 5.10 Å². The minimum atomic E-state index is -0.105. The van der Waals surface area contributed by atoms with Crippen LogP contribution in [0, 0.1) is 0 Å². The number of nitrogens with zero attached hydrogens (tertiary/aromatic N) is 2. The number of benzene rings is 2. The molecule has 1 aliphatic heterocycles. The first-order valence-corrected chi connectivity index (χ1v) is 7.03. The molecule has 0 unspecified atom stereocenters. The Labute approximate surface area is 127 Å². The second kappa shape index (κ2) is 5.58. The van der Waals surface area contributed by atoms with Crippen LogP contribution >= 0.6 is 11.6 Å². The number of carbonyl (C=O) groups excluding carboxylic acids is 1. The van der Waals surface area contributed by atoms with E-state index in [1.807, 2.05) is 18.2 Å². The second-order valence-electron chi connectivity index (χ2n) is 4.82. The molecule has 0 fully saturated rings. The van der Waals surface area contributed by atoms with Crippen LogP contribution in [0.15, 0.2) is 53.6 Å². The molecule has 0 aliphatic carbocycles. The number of hydrazone groups is 1. The van der Waals surface area contributed by atoms with Gasteiger partial charge in [-0.1, -0.05) is 29.8 Å². The second-order valence-corrected chi connectivity index (χ2v) is 5.26. The lowest BCUT2D eigenvalue weighted by Crippen LogP contribution is -2.23. The molecular weight excluding hydrogens is 286 g/mol. The molecule has 0 bridgehead atoms. The van der Waals surface area contributed by atoms with Gasteiger partial charge in [0.25, 0.3) is 5.91 Å². The Morgan fingerprint density at radius 2 is 1.95 bits per heavy atom. The zero-order valence-electron chi connectivity index (χ0n) is 11.3. The average molecular weight is 300 g/mol. The Balaban J connectivity index is 1.88. The quantitative estimate of drug-likeness (QED) is 0.866. The van der Waals surface area contributed by atoms with E-state index in [-0.39, 0.29) is 5.91 Å². The van der Waals surface area contributed by atoms with Crippen LogP contribution in [0.3, 0.4) is 0 Å². The highest BCUT2D eigenvalue weighted by atomic mass is 35.5. The summed E-state index contributed by atoms with van der Waals surface area (Å²) in [5.41, 5.74) is 8.79. The third kappa shape index (κ3) is 2.76. The number of nitrogens with two attached hydrogens (primary N) is 1. The standard InChI is InChI=1S/C16H14ClN3O/c17-12-6-7-14(18)13(10-12)15-8-9-20(19-15)16(21)11-4-2-1-3-5-11/h1-7,10H,8-9,18H2. The number of hydrogen-bond acceptors (Lipinski definition) is 3. The van der Waals surface area contributed by atoms with Crippen molar-refractivity contribution in [1.29, 1.82) is 0 Å². The summed E-state index contributed by atoms with van der Waals surface area (Å²) in [6.07, 6.45) is 0.670. The summed E-state index contributed by atoms with van der Waals surface area (Å²) in [4.78, 5) is 12.3. The normalized spacial score (nSPS) is 14.1. The highest BCUT2D eigenvalue weighted by Crippen LogP contribution is 2.23. The minimum Gasteiger partial charge on any atom is -0.398 e. The lowest BCUT2D eigenvalue weighted by atomic mass is 10.1. The van der Waals surface area contributed by atoms with E-state index >= 15 is 0 Å². The first-order chi connectivity index (χ1) is 10.1. The van der Waals surface area contributed by atoms with Crippen molar-refractivity contribution in [1.82, 2.24) is 5.01 Å². The van der Waals surface area contributed by atoms with Crippen molar-refractivity contribution < 1.29 is 4.79 Å². The number of nitrogen functional groups attached to an aromatic ring is 1. The van der Waals surface area contributed by atoms with Crippen LogP contribution in [-0.4, -0.2) is 23.2 Å². The molecule has 1 heterocycles. The van der Waals surface area contributed by atoms with E-state index in [1.165, 1.54) is 5.01 Å². The maximum atomic E-state index is 12.3. The van der Waals surface area contributed by atoms with Gasteiger partial charge in [0.05, 0.1) is 12.3 Å².